The molecule has 1 aromatic carbocycles. The van der Waals surface area contributed by atoms with E-state index in [-0.39, 0.29) is 60.8 Å². The van der Waals surface area contributed by atoms with Crippen LogP contribution < -0.4 is 45.5 Å². The van der Waals surface area contributed by atoms with Gasteiger partial charge in [0.2, 0.25) is 11.8 Å². The molecule has 0 radical (unpaired) electrons. The number of benzene rings is 1. The Kier molecular flexibility index (Phi) is 13.2. The fraction of sp³-hybridized carbons (Fsp3) is 0.591. The number of alkyl carbamates (subject to hydrolysis) is 1. The summed E-state index contributed by atoms with van der Waals surface area (Å²) < 4.78 is 39.4. The standard InChI is InChI=1S/C22H33N3O8S.Na/c1-14(2)12-17(25-22(29)33-11-9-15-6-4-3-5-7-15)20(27)24-18(21(28)34(30,31)32)13-16-8-10-23-19(16)26;/h3-7,14,16-18,21,28H,8-13H2,1-2H3,(H,23,26)(H,24,27)(H,25,29)(H,30,31,32);/q;+1/p-1/t16?,17-,18-,21?;/m0./s1. The summed E-state index contributed by atoms with van der Waals surface area (Å²) in [6, 6.07) is 6.74. The minimum Gasteiger partial charge on any atom is -0.746 e. The van der Waals surface area contributed by atoms with Crippen LogP contribution in [0.4, 0.5) is 4.79 Å². The van der Waals surface area contributed by atoms with E-state index in [1.54, 1.807) is 0 Å². The maximum atomic E-state index is 12.9. The van der Waals surface area contributed by atoms with Crippen molar-refractivity contribution in [3.05, 3.63) is 35.9 Å². The third kappa shape index (κ3) is 10.8. The number of rotatable bonds is 12. The Morgan fingerprint density at radius 2 is 1.89 bits per heavy atom. The average Bonchev–Trinajstić information content (AvgIpc) is 3.16. The SMILES string of the molecule is CC(C)C[C@H](NC(=O)OCCc1ccccc1)C(=O)N[C@@H](CC1CCNC1=O)C(O)S(=O)(=O)[O-].[Na+]. The van der Waals surface area contributed by atoms with E-state index in [2.05, 4.69) is 16.0 Å². The molecule has 13 heteroatoms. The van der Waals surface area contributed by atoms with Crippen molar-refractivity contribution >= 4 is 28.0 Å². The first-order valence-corrected chi connectivity index (χ1v) is 12.6. The minimum atomic E-state index is -5.17. The molecule has 1 heterocycles. The molecule has 1 aromatic rings. The molecule has 4 atom stereocenters. The maximum Gasteiger partial charge on any atom is 1.00 e. The van der Waals surface area contributed by atoms with Crippen molar-refractivity contribution in [3.63, 3.8) is 0 Å². The first-order chi connectivity index (χ1) is 16.0. The second-order valence-corrected chi connectivity index (χ2v) is 10.2. The quantitative estimate of drug-likeness (QED) is 0.169. The minimum absolute atomic E-state index is 0. The van der Waals surface area contributed by atoms with Crippen LogP contribution in [0.25, 0.3) is 0 Å². The van der Waals surface area contributed by atoms with Crippen molar-refractivity contribution < 1.29 is 66.8 Å². The summed E-state index contributed by atoms with van der Waals surface area (Å²) in [4.78, 5) is 37.1. The first-order valence-electron chi connectivity index (χ1n) is 11.2. The van der Waals surface area contributed by atoms with Crippen LogP contribution in [0.2, 0.25) is 0 Å². The molecule has 0 bridgehead atoms. The molecule has 1 aliphatic heterocycles. The van der Waals surface area contributed by atoms with Crippen LogP contribution in [0.3, 0.4) is 0 Å². The molecule has 3 amide bonds. The van der Waals surface area contributed by atoms with Gasteiger partial charge < -0.3 is 30.3 Å². The van der Waals surface area contributed by atoms with Gasteiger partial charge in [0.1, 0.15) is 16.2 Å². The van der Waals surface area contributed by atoms with Crippen LogP contribution in [0.5, 0.6) is 0 Å². The van der Waals surface area contributed by atoms with Gasteiger partial charge in [0.25, 0.3) is 0 Å². The maximum absolute atomic E-state index is 12.9. The van der Waals surface area contributed by atoms with Gasteiger partial charge in [0.05, 0.1) is 12.6 Å². The number of aliphatic hydroxyl groups is 1. The Labute approximate surface area is 227 Å². The van der Waals surface area contributed by atoms with Crippen molar-refractivity contribution in [2.75, 3.05) is 13.2 Å². The number of hydrogen-bond acceptors (Lipinski definition) is 8. The fourth-order valence-corrected chi connectivity index (χ4v) is 4.28. The van der Waals surface area contributed by atoms with Gasteiger partial charge in [0, 0.05) is 18.9 Å². The van der Waals surface area contributed by atoms with Crippen molar-refractivity contribution in [2.45, 2.75) is 57.1 Å². The molecule has 2 unspecified atom stereocenters. The number of nitrogens with one attached hydrogen (secondary N) is 3. The van der Waals surface area contributed by atoms with E-state index in [1.807, 2.05) is 44.2 Å². The van der Waals surface area contributed by atoms with Crippen LogP contribution in [-0.2, 0) is 30.9 Å². The van der Waals surface area contributed by atoms with Gasteiger partial charge in [0.15, 0.2) is 5.44 Å². The molecule has 1 fully saturated rings. The van der Waals surface area contributed by atoms with Gasteiger partial charge in [-0.25, -0.2) is 13.2 Å². The molecule has 1 saturated heterocycles. The smallest absolute Gasteiger partial charge is 0.746 e. The van der Waals surface area contributed by atoms with Gasteiger partial charge in [-0.2, -0.15) is 0 Å². The number of carbonyl (C=O) groups excluding carboxylic acids is 3. The monoisotopic (exact) mass is 521 g/mol. The summed E-state index contributed by atoms with van der Waals surface area (Å²) in [7, 11) is -5.17. The van der Waals surface area contributed by atoms with E-state index >= 15 is 0 Å². The molecule has 4 N–H and O–H groups in total. The zero-order chi connectivity index (χ0) is 25.3. The molecule has 190 valence electrons. The molecule has 0 aliphatic carbocycles. The number of ether oxygens (including phenoxy) is 1. The normalized spacial score (nSPS) is 18.1. The van der Waals surface area contributed by atoms with Crippen LogP contribution in [-0.4, -0.2) is 66.7 Å². The van der Waals surface area contributed by atoms with E-state index in [0.29, 0.717) is 19.4 Å². The zero-order valence-corrected chi connectivity index (χ0v) is 23.0. The largest absolute Gasteiger partial charge is 1.00 e. The summed E-state index contributed by atoms with van der Waals surface area (Å²) >= 11 is 0. The zero-order valence-electron chi connectivity index (χ0n) is 20.2. The second-order valence-electron chi connectivity index (χ2n) is 8.71. The molecule has 0 spiro atoms. The van der Waals surface area contributed by atoms with Gasteiger partial charge in [-0.15, -0.1) is 0 Å². The summed E-state index contributed by atoms with van der Waals surface area (Å²) in [5.74, 6) is -1.85. The predicted octanol–water partition coefficient (Wildman–Crippen LogP) is -2.75. The first kappa shape index (κ1) is 31.3. The van der Waals surface area contributed by atoms with Crippen molar-refractivity contribution in [1.82, 2.24) is 16.0 Å². The number of carbonyl (C=O) groups is 3. The van der Waals surface area contributed by atoms with E-state index in [4.69, 9.17) is 4.74 Å². The molecule has 35 heavy (non-hydrogen) atoms. The van der Waals surface area contributed by atoms with Crippen molar-refractivity contribution in [1.29, 1.82) is 0 Å². The van der Waals surface area contributed by atoms with E-state index in [0.717, 1.165) is 5.56 Å². The van der Waals surface area contributed by atoms with Crippen LogP contribution in [0.15, 0.2) is 30.3 Å². The van der Waals surface area contributed by atoms with Gasteiger partial charge in [-0.05, 0) is 30.7 Å². The Hall–Kier alpha value is -1.70. The van der Waals surface area contributed by atoms with Crippen molar-refractivity contribution in [2.24, 2.45) is 11.8 Å². The molecule has 2 rings (SSSR count). The summed E-state index contributed by atoms with van der Waals surface area (Å²) in [5.41, 5.74) is -1.47. The van der Waals surface area contributed by atoms with Gasteiger partial charge >= 0.3 is 35.7 Å². The molecular formula is C22H32N3NaO8S. The number of hydrogen-bond donors (Lipinski definition) is 4. The summed E-state index contributed by atoms with van der Waals surface area (Å²) in [6.45, 7) is 4.09. The Balaban J connectivity index is 0.00000612. The molecule has 0 aromatic heterocycles. The van der Waals surface area contributed by atoms with Crippen molar-refractivity contribution in [3.8, 4) is 0 Å². The van der Waals surface area contributed by atoms with Gasteiger partial charge in [-0.1, -0.05) is 44.2 Å². The van der Waals surface area contributed by atoms with Crippen LogP contribution >= 0.6 is 0 Å². The molecule has 11 nitrogen and oxygen atoms in total. The summed E-state index contributed by atoms with van der Waals surface area (Å²) in [5, 5.41) is 17.4. The average molecular weight is 522 g/mol. The third-order valence-electron chi connectivity index (χ3n) is 5.45. The Morgan fingerprint density at radius 1 is 1.23 bits per heavy atom. The third-order valence-corrected chi connectivity index (χ3v) is 6.37. The van der Waals surface area contributed by atoms with Gasteiger partial charge in [-0.3, -0.25) is 9.59 Å². The Bertz CT molecular complexity index is 945. The molecule has 0 saturated carbocycles. The topological polar surface area (TPSA) is 174 Å². The Morgan fingerprint density at radius 3 is 2.43 bits per heavy atom. The molecule has 1 aliphatic rings. The predicted molar refractivity (Wildman–Crippen MR) is 121 cm³/mol. The molecular weight excluding hydrogens is 489 g/mol. The van der Waals surface area contributed by atoms with Crippen LogP contribution in [0.1, 0.15) is 38.7 Å². The number of amides is 3. The van der Waals surface area contributed by atoms with Crippen LogP contribution in [0, 0.1) is 11.8 Å². The van der Waals surface area contributed by atoms with E-state index in [1.165, 1.54) is 0 Å². The fourth-order valence-electron chi connectivity index (χ4n) is 3.70. The summed E-state index contributed by atoms with van der Waals surface area (Å²) in [6.07, 6.45) is -0.0281. The van der Waals surface area contributed by atoms with E-state index < -0.39 is 45.6 Å². The number of aliphatic hydroxyl groups excluding tert-OH is 1. The van der Waals surface area contributed by atoms with E-state index in [9.17, 15) is 32.5 Å². The second kappa shape index (κ2) is 14.8.